The number of anilines is 1. The lowest BCUT2D eigenvalue weighted by molar-refractivity contribution is 0.0934. The third-order valence-electron chi connectivity index (χ3n) is 3.93. The first-order valence-electron chi connectivity index (χ1n) is 8.29. The Balaban J connectivity index is 2.04. The summed E-state index contributed by atoms with van der Waals surface area (Å²) in [5.41, 5.74) is 2.27. The highest BCUT2D eigenvalue weighted by atomic mass is 16.5. The highest BCUT2D eigenvalue weighted by Crippen LogP contribution is 2.27. The van der Waals surface area contributed by atoms with E-state index in [0.717, 1.165) is 17.7 Å². The molecule has 0 aliphatic rings. The number of aromatic nitrogens is 1. The fourth-order valence-electron chi connectivity index (χ4n) is 2.26. The SMILES string of the molecule is CCC(C)NC(=O)c1cc(NCc2ccc(OC)c(OC)c2)ccn1. The molecule has 2 rings (SSSR count). The summed E-state index contributed by atoms with van der Waals surface area (Å²) < 4.78 is 10.6. The molecule has 0 radical (unpaired) electrons. The molecule has 1 aromatic carbocycles. The van der Waals surface area contributed by atoms with E-state index in [9.17, 15) is 4.79 Å². The molecule has 6 heteroatoms. The molecule has 0 spiro atoms. The number of methoxy groups -OCH3 is 2. The first-order valence-corrected chi connectivity index (χ1v) is 8.29. The molecule has 0 saturated carbocycles. The third-order valence-corrected chi connectivity index (χ3v) is 3.93. The van der Waals surface area contributed by atoms with Gasteiger partial charge in [-0.2, -0.15) is 0 Å². The molecule has 0 bridgehead atoms. The molecule has 1 aromatic heterocycles. The number of ether oxygens (including phenoxy) is 2. The van der Waals surface area contributed by atoms with Gasteiger partial charge in [0.05, 0.1) is 14.2 Å². The molecule has 1 unspecified atom stereocenters. The number of hydrogen-bond acceptors (Lipinski definition) is 5. The van der Waals surface area contributed by atoms with Gasteiger partial charge in [-0.25, -0.2) is 0 Å². The van der Waals surface area contributed by atoms with E-state index in [1.54, 1.807) is 26.5 Å². The molecule has 1 amide bonds. The van der Waals surface area contributed by atoms with Crippen LogP contribution in [0.25, 0.3) is 0 Å². The number of pyridine rings is 1. The molecule has 1 heterocycles. The monoisotopic (exact) mass is 343 g/mol. The molecule has 25 heavy (non-hydrogen) atoms. The Bertz CT molecular complexity index is 719. The van der Waals surface area contributed by atoms with Crippen molar-refractivity contribution < 1.29 is 14.3 Å². The summed E-state index contributed by atoms with van der Waals surface area (Å²) in [6.07, 6.45) is 2.51. The number of nitrogens with one attached hydrogen (secondary N) is 2. The molecule has 0 saturated heterocycles. The Kier molecular flexibility index (Phi) is 6.62. The van der Waals surface area contributed by atoms with Gasteiger partial charge in [0.2, 0.25) is 0 Å². The van der Waals surface area contributed by atoms with Gasteiger partial charge >= 0.3 is 0 Å². The number of benzene rings is 1. The quantitative estimate of drug-likeness (QED) is 0.770. The molecule has 2 aromatic rings. The molecule has 2 N–H and O–H groups in total. The zero-order valence-electron chi connectivity index (χ0n) is 15.1. The van der Waals surface area contributed by atoms with Crippen molar-refractivity contribution >= 4 is 11.6 Å². The second kappa shape index (κ2) is 8.92. The van der Waals surface area contributed by atoms with Crippen LogP contribution in [0.3, 0.4) is 0 Å². The van der Waals surface area contributed by atoms with Gasteiger partial charge in [-0.3, -0.25) is 9.78 Å². The number of amides is 1. The minimum Gasteiger partial charge on any atom is -0.493 e. The molecule has 0 aliphatic heterocycles. The van der Waals surface area contributed by atoms with E-state index in [1.807, 2.05) is 38.1 Å². The van der Waals surface area contributed by atoms with Crippen molar-refractivity contribution in [3.8, 4) is 11.5 Å². The van der Waals surface area contributed by atoms with Crippen LogP contribution in [-0.2, 0) is 6.54 Å². The van der Waals surface area contributed by atoms with E-state index in [0.29, 0.717) is 23.7 Å². The van der Waals surface area contributed by atoms with Crippen molar-refractivity contribution in [2.24, 2.45) is 0 Å². The van der Waals surface area contributed by atoms with Crippen molar-refractivity contribution in [1.29, 1.82) is 0 Å². The molecule has 6 nitrogen and oxygen atoms in total. The predicted molar refractivity (Wildman–Crippen MR) is 98.3 cm³/mol. The number of hydrogen-bond donors (Lipinski definition) is 2. The largest absolute Gasteiger partial charge is 0.493 e. The number of nitrogens with zero attached hydrogens (tertiary/aromatic N) is 1. The van der Waals surface area contributed by atoms with E-state index < -0.39 is 0 Å². The van der Waals surface area contributed by atoms with Gasteiger partial charge in [-0.1, -0.05) is 13.0 Å². The van der Waals surface area contributed by atoms with Crippen LogP contribution in [0.5, 0.6) is 11.5 Å². The van der Waals surface area contributed by atoms with Crippen molar-refractivity contribution in [3.05, 3.63) is 47.8 Å². The minimum absolute atomic E-state index is 0.123. The maximum Gasteiger partial charge on any atom is 0.270 e. The second-order valence-electron chi connectivity index (χ2n) is 5.76. The van der Waals surface area contributed by atoms with Crippen LogP contribution in [0, 0.1) is 0 Å². The van der Waals surface area contributed by atoms with Crippen LogP contribution < -0.4 is 20.1 Å². The van der Waals surface area contributed by atoms with E-state index in [4.69, 9.17) is 9.47 Å². The van der Waals surface area contributed by atoms with E-state index in [2.05, 4.69) is 15.6 Å². The maximum absolute atomic E-state index is 12.2. The Morgan fingerprint density at radius 3 is 2.60 bits per heavy atom. The van der Waals surface area contributed by atoms with Crippen molar-refractivity contribution in [1.82, 2.24) is 10.3 Å². The first-order chi connectivity index (χ1) is 12.1. The highest BCUT2D eigenvalue weighted by molar-refractivity contribution is 5.93. The lowest BCUT2D eigenvalue weighted by Crippen LogP contribution is -2.32. The van der Waals surface area contributed by atoms with Gasteiger partial charge in [0.1, 0.15) is 5.69 Å². The number of carbonyl (C=O) groups excluding carboxylic acids is 1. The molecule has 134 valence electrons. The van der Waals surface area contributed by atoms with Crippen LogP contribution in [0.1, 0.15) is 36.3 Å². The fourth-order valence-corrected chi connectivity index (χ4v) is 2.26. The summed E-state index contributed by atoms with van der Waals surface area (Å²) in [6, 6.07) is 9.46. The fraction of sp³-hybridized carbons (Fsp3) is 0.368. The lowest BCUT2D eigenvalue weighted by atomic mass is 10.2. The minimum atomic E-state index is -0.163. The van der Waals surface area contributed by atoms with Gasteiger partial charge in [0, 0.05) is 24.5 Å². The maximum atomic E-state index is 12.2. The normalized spacial score (nSPS) is 11.5. The number of rotatable bonds is 8. The van der Waals surface area contributed by atoms with E-state index in [-0.39, 0.29) is 11.9 Å². The molecule has 0 aliphatic carbocycles. The van der Waals surface area contributed by atoms with Crippen LogP contribution in [0.4, 0.5) is 5.69 Å². The Labute approximate surface area is 148 Å². The smallest absolute Gasteiger partial charge is 0.270 e. The summed E-state index contributed by atoms with van der Waals surface area (Å²) in [7, 11) is 3.22. The second-order valence-corrected chi connectivity index (χ2v) is 5.76. The average Bonchev–Trinajstić information content (AvgIpc) is 2.66. The summed E-state index contributed by atoms with van der Waals surface area (Å²) in [5.74, 6) is 1.22. The Morgan fingerprint density at radius 2 is 1.92 bits per heavy atom. The summed E-state index contributed by atoms with van der Waals surface area (Å²) in [5, 5.41) is 6.21. The van der Waals surface area contributed by atoms with Crippen LogP contribution in [-0.4, -0.2) is 31.2 Å². The van der Waals surface area contributed by atoms with Crippen LogP contribution in [0.15, 0.2) is 36.5 Å². The summed E-state index contributed by atoms with van der Waals surface area (Å²) >= 11 is 0. The lowest BCUT2D eigenvalue weighted by Gasteiger charge is -2.13. The van der Waals surface area contributed by atoms with Gasteiger partial charge in [-0.05, 0) is 43.2 Å². The van der Waals surface area contributed by atoms with E-state index in [1.165, 1.54) is 0 Å². The van der Waals surface area contributed by atoms with Crippen molar-refractivity contribution in [2.45, 2.75) is 32.9 Å². The van der Waals surface area contributed by atoms with Gasteiger partial charge in [0.15, 0.2) is 11.5 Å². The van der Waals surface area contributed by atoms with Crippen molar-refractivity contribution in [2.75, 3.05) is 19.5 Å². The molecular formula is C19H25N3O3. The van der Waals surface area contributed by atoms with Crippen LogP contribution in [0.2, 0.25) is 0 Å². The van der Waals surface area contributed by atoms with Gasteiger partial charge in [-0.15, -0.1) is 0 Å². The number of carbonyl (C=O) groups is 1. The summed E-state index contributed by atoms with van der Waals surface area (Å²) in [6.45, 7) is 4.59. The van der Waals surface area contributed by atoms with Crippen LogP contribution >= 0.6 is 0 Å². The zero-order chi connectivity index (χ0) is 18.2. The van der Waals surface area contributed by atoms with Gasteiger partial charge < -0.3 is 20.1 Å². The van der Waals surface area contributed by atoms with Gasteiger partial charge in [0.25, 0.3) is 5.91 Å². The standard InChI is InChI=1S/C19H25N3O3/c1-5-13(2)22-19(23)16-11-15(8-9-20-16)21-12-14-6-7-17(24-3)18(10-14)25-4/h6-11,13H,5,12H2,1-4H3,(H,20,21)(H,22,23). The Morgan fingerprint density at radius 1 is 1.16 bits per heavy atom. The molecule has 1 atom stereocenters. The first kappa shape index (κ1) is 18.6. The topological polar surface area (TPSA) is 72.5 Å². The average molecular weight is 343 g/mol. The van der Waals surface area contributed by atoms with E-state index >= 15 is 0 Å². The zero-order valence-corrected chi connectivity index (χ0v) is 15.1. The highest BCUT2D eigenvalue weighted by Gasteiger charge is 2.10. The summed E-state index contributed by atoms with van der Waals surface area (Å²) in [4.78, 5) is 16.3. The predicted octanol–water partition coefficient (Wildman–Crippen LogP) is 3.24. The van der Waals surface area contributed by atoms with Crippen molar-refractivity contribution in [3.63, 3.8) is 0 Å². The third kappa shape index (κ3) is 5.11. The molecular weight excluding hydrogens is 318 g/mol. The molecule has 0 fully saturated rings. The Hall–Kier alpha value is -2.76.